The van der Waals surface area contributed by atoms with Crippen molar-refractivity contribution in [1.29, 1.82) is 0 Å². The van der Waals surface area contributed by atoms with Crippen molar-refractivity contribution in [2.45, 2.75) is 31.2 Å². The van der Waals surface area contributed by atoms with Crippen LogP contribution in [0.15, 0.2) is 0 Å². The van der Waals surface area contributed by atoms with Gasteiger partial charge in [0.1, 0.15) is 0 Å². The highest BCUT2D eigenvalue weighted by Crippen LogP contribution is 2.33. The van der Waals surface area contributed by atoms with Gasteiger partial charge >= 0.3 is 0 Å². The molecule has 0 atom stereocenters. The molecule has 0 aliphatic heterocycles. The van der Waals surface area contributed by atoms with Crippen molar-refractivity contribution >= 4 is 5.91 Å². The molecule has 11 heavy (non-hydrogen) atoms. The molecule has 1 fully saturated rings. The maximum absolute atomic E-state index is 11.1. The first-order valence-electron chi connectivity index (χ1n) is 4.07. The zero-order chi connectivity index (χ0) is 8.48. The van der Waals surface area contributed by atoms with E-state index in [1.54, 1.807) is 0 Å². The fraction of sp³-hybridized carbons (Fsp3) is 0.875. The highest BCUT2D eigenvalue weighted by molar-refractivity contribution is 5.84. The SMILES string of the molecule is CN(C)C1(C(N)=O)CCCC1. The quantitative estimate of drug-likeness (QED) is 0.627. The van der Waals surface area contributed by atoms with E-state index in [4.69, 9.17) is 5.73 Å². The lowest BCUT2D eigenvalue weighted by molar-refractivity contribution is -0.128. The minimum Gasteiger partial charge on any atom is -0.368 e. The second-order valence-corrected chi connectivity index (χ2v) is 3.50. The molecule has 0 heterocycles. The molecular formula is C8H16N2O. The lowest BCUT2D eigenvalue weighted by atomic mass is 9.95. The van der Waals surface area contributed by atoms with Crippen LogP contribution in [0, 0.1) is 0 Å². The molecule has 0 aromatic rings. The third-order valence-electron chi connectivity index (χ3n) is 2.75. The van der Waals surface area contributed by atoms with Gasteiger partial charge in [-0.1, -0.05) is 12.8 Å². The van der Waals surface area contributed by atoms with Crippen molar-refractivity contribution in [2.24, 2.45) is 5.73 Å². The van der Waals surface area contributed by atoms with Gasteiger partial charge in [-0.15, -0.1) is 0 Å². The molecule has 64 valence electrons. The maximum atomic E-state index is 11.1. The van der Waals surface area contributed by atoms with Crippen molar-refractivity contribution in [3.63, 3.8) is 0 Å². The molecule has 0 aromatic heterocycles. The van der Waals surface area contributed by atoms with E-state index in [2.05, 4.69) is 0 Å². The van der Waals surface area contributed by atoms with Gasteiger partial charge in [0, 0.05) is 0 Å². The van der Waals surface area contributed by atoms with Crippen LogP contribution in [0.1, 0.15) is 25.7 Å². The van der Waals surface area contributed by atoms with Crippen LogP contribution >= 0.6 is 0 Å². The Hall–Kier alpha value is -0.570. The molecule has 3 nitrogen and oxygen atoms in total. The summed E-state index contributed by atoms with van der Waals surface area (Å²) in [5.74, 6) is -0.167. The van der Waals surface area contributed by atoms with Crippen LogP contribution in [0.4, 0.5) is 0 Å². The van der Waals surface area contributed by atoms with Crippen molar-refractivity contribution in [1.82, 2.24) is 4.90 Å². The van der Waals surface area contributed by atoms with E-state index >= 15 is 0 Å². The molecule has 0 spiro atoms. The van der Waals surface area contributed by atoms with Crippen molar-refractivity contribution in [3.8, 4) is 0 Å². The molecule has 3 heteroatoms. The number of carbonyl (C=O) groups excluding carboxylic acids is 1. The molecule has 0 bridgehead atoms. The summed E-state index contributed by atoms with van der Waals surface area (Å²) in [4.78, 5) is 13.1. The van der Waals surface area contributed by atoms with E-state index in [1.807, 2.05) is 19.0 Å². The van der Waals surface area contributed by atoms with Gasteiger partial charge in [0.15, 0.2) is 0 Å². The average molecular weight is 156 g/mol. The van der Waals surface area contributed by atoms with Gasteiger partial charge in [-0.25, -0.2) is 0 Å². The predicted molar refractivity (Wildman–Crippen MR) is 44.1 cm³/mol. The predicted octanol–water partition coefficient (Wildman–Crippen LogP) is 0.346. The molecule has 1 rings (SSSR count). The Kier molecular flexibility index (Phi) is 2.18. The molecule has 0 aromatic carbocycles. The van der Waals surface area contributed by atoms with E-state index < -0.39 is 0 Å². The molecule has 1 aliphatic rings. The molecule has 1 aliphatic carbocycles. The van der Waals surface area contributed by atoms with Gasteiger partial charge in [0.05, 0.1) is 5.54 Å². The summed E-state index contributed by atoms with van der Waals surface area (Å²) in [6.07, 6.45) is 4.10. The van der Waals surface area contributed by atoms with Gasteiger partial charge in [0.2, 0.25) is 5.91 Å². The van der Waals surface area contributed by atoms with E-state index in [9.17, 15) is 4.79 Å². The van der Waals surface area contributed by atoms with Gasteiger partial charge in [0.25, 0.3) is 0 Å². The largest absolute Gasteiger partial charge is 0.368 e. The number of rotatable bonds is 2. The summed E-state index contributed by atoms with van der Waals surface area (Å²) in [6, 6.07) is 0. The normalized spacial score (nSPS) is 22.5. The number of hydrogen-bond donors (Lipinski definition) is 1. The third kappa shape index (κ3) is 1.25. The van der Waals surface area contributed by atoms with E-state index in [1.165, 1.54) is 0 Å². The Morgan fingerprint density at radius 3 is 2.00 bits per heavy atom. The Morgan fingerprint density at radius 1 is 1.36 bits per heavy atom. The number of likely N-dealkylation sites (N-methyl/N-ethyl adjacent to an activating group) is 1. The van der Waals surface area contributed by atoms with Crippen LogP contribution in [0.25, 0.3) is 0 Å². The van der Waals surface area contributed by atoms with Gasteiger partial charge in [-0.05, 0) is 26.9 Å². The van der Waals surface area contributed by atoms with Crippen molar-refractivity contribution in [2.75, 3.05) is 14.1 Å². The first kappa shape index (κ1) is 8.53. The number of hydrogen-bond acceptors (Lipinski definition) is 2. The molecule has 1 amide bonds. The van der Waals surface area contributed by atoms with Crippen LogP contribution in [-0.2, 0) is 4.79 Å². The van der Waals surface area contributed by atoms with E-state index in [0.29, 0.717) is 0 Å². The number of nitrogens with zero attached hydrogens (tertiary/aromatic N) is 1. The van der Waals surface area contributed by atoms with E-state index in [-0.39, 0.29) is 11.4 Å². The highest BCUT2D eigenvalue weighted by atomic mass is 16.1. The molecule has 0 radical (unpaired) electrons. The fourth-order valence-electron chi connectivity index (χ4n) is 1.87. The van der Waals surface area contributed by atoms with Gasteiger partial charge in [-0.3, -0.25) is 9.69 Å². The summed E-state index contributed by atoms with van der Waals surface area (Å²) in [5, 5.41) is 0. The summed E-state index contributed by atoms with van der Waals surface area (Å²) in [5.41, 5.74) is 5.02. The summed E-state index contributed by atoms with van der Waals surface area (Å²) in [7, 11) is 3.85. The molecule has 0 unspecified atom stereocenters. The number of nitrogens with two attached hydrogens (primary N) is 1. The Morgan fingerprint density at radius 2 is 1.82 bits per heavy atom. The van der Waals surface area contributed by atoms with Crippen LogP contribution in [0.5, 0.6) is 0 Å². The van der Waals surface area contributed by atoms with Crippen molar-refractivity contribution < 1.29 is 4.79 Å². The van der Waals surface area contributed by atoms with Crippen LogP contribution < -0.4 is 5.73 Å². The van der Waals surface area contributed by atoms with Crippen LogP contribution in [-0.4, -0.2) is 30.4 Å². The lowest BCUT2D eigenvalue weighted by Gasteiger charge is -2.32. The van der Waals surface area contributed by atoms with E-state index in [0.717, 1.165) is 25.7 Å². The maximum Gasteiger partial charge on any atom is 0.237 e. The van der Waals surface area contributed by atoms with Gasteiger partial charge in [-0.2, -0.15) is 0 Å². The van der Waals surface area contributed by atoms with Crippen LogP contribution in [0.3, 0.4) is 0 Å². The van der Waals surface area contributed by atoms with Crippen LogP contribution in [0.2, 0.25) is 0 Å². The molecular weight excluding hydrogens is 140 g/mol. The first-order chi connectivity index (χ1) is 5.09. The summed E-state index contributed by atoms with van der Waals surface area (Å²) in [6.45, 7) is 0. The summed E-state index contributed by atoms with van der Waals surface area (Å²) >= 11 is 0. The lowest BCUT2D eigenvalue weighted by Crippen LogP contribution is -2.52. The second-order valence-electron chi connectivity index (χ2n) is 3.50. The number of primary amides is 1. The Labute approximate surface area is 67.5 Å². The zero-order valence-corrected chi connectivity index (χ0v) is 7.26. The molecule has 0 saturated heterocycles. The first-order valence-corrected chi connectivity index (χ1v) is 4.07. The number of carbonyl (C=O) groups is 1. The van der Waals surface area contributed by atoms with Gasteiger partial charge < -0.3 is 5.73 Å². The fourth-order valence-corrected chi connectivity index (χ4v) is 1.87. The van der Waals surface area contributed by atoms with Crippen molar-refractivity contribution in [3.05, 3.63) is 0 Å². The molecule has 2 N–H and O–H groups in total. The summed E-state index contributed by atoms with van der Waals surface area (Å²) < 4.78 is 0. The molecule has 1 saturated carbocycles. The smallest absolute Gasteiger partial charge is 0.237 e. The average Bonchev–Trinajstić information content (AvgIpc) is 2.34. The zero-order valence-electron chi connectivity index (χ0n) is 7.26. The second kappa shape index (κ2) is 2.81. The minimum absolute atomic E-state index is 0.167. The highest BCUT2D eigenvalue weighted by Gasteiger charge is 2.41. The minimum atomic E-state index is -0.333. The monoisotopic (exact) mass is 156 g/mol. The topological polar surface area (TPSA) is 46.3 Å². The standard InChI is InChI=1S/C8H16N2O/c1-10(2)8(7(9)11)5-3-4-6-8/h3-6H2,1-2H3,(H2,9,11). The Balaban J connectivity index is 2.79. The third-order valence-corrected chi connectivity index (χ3v) is 2.75. The Bertz CT molecular complexity index is 159. The number of amides is 1.